The van der Waals surface area contributed by atoms with Crippen LogP contribution in [0.25, 0.3) is 0 Å². The third-order valence-corrected chi connectivity index (χ3v) is 2.45. The molecule has 0 aliphatic heterocycles. The fourth-order valence-electron chi connectivity index (χ4n) is 1.39. The van der Waals surface area contributed by atoms with Gasteiger partial charge in [0.2, 0.25) is 5.78 Å². The topological polar surface area (TPSA) is 113 Å². The number of rotatable bonds is 5. The molecular formula is C13H11NO7. The van der Waals surface area contributed by atoms with Crippen LogP contribution < -0.4 is 0 Å². The van der Waals surface area contributed by atoms with Gasteiger partial charge in [0.1, 0.15) is 5.57 Å². The van der Waals surface area contributed by atoms with Crippen LogP contribution in [-0.2, 0) is 19.1 Å². The average molecular weight is 293 g/mol. The molecule has 0 aliphatic rings. The van der Waals surface area contributed by atoms with Crippen molar-refractivity contribution >= 4 is 23.4 Å². The van der Waals surface area contributed by atoms with Crippen LogP contribution in [0.4, 0.5) is 5.69 Å². The Morgan fingerprint density at radius 2 is 1.67 bits per heavy atom. The molecule has 110 valence electrons. The summed E-state index contributed by atoms with van der Waals surface area (Å²) in [6.07, 6.45) is 0.704. The molecule has 1 rings (SSSR count). The Bertz CT molecular complexity index is 616. The van der Waals surface area contributed by atoms with Crippen LogP contribution in [0.15, 0.2) is 35.9 Å². The highest BCUT2D eigenvalue weighted by Crippen LogP contribution is 2.15. The molecule has 0 aliphatic carbocycles. The molecule has 1 aromatic rings. The van der Waals surface area contributed by atoms with Gasteiger partial charge in [0.05, 0.1) is 19.1 Å². The van der Waals surface area contributed by atoms with Crippen LogP contribution in [-0.4, -0.2) is 36.9 Å². The zero-order valence-corrected chi connectivity index (χ0v) is 11.2. The van der Waals surface area contributed by atoms with Gasteiger partial charge >= 0.3 is 11.9 Å². The number of carbonyl (C=O) groups is 3. The monoisotopic (exact) mass is 293 g/mol. The lowest BCUT2D eigenvalue weighted by atomic mass is 10.0. The molecule has 0 aromatic heterocycles. The van der Waals surface area contributed by atoms with Crippen molar-refractivity contribution in [3.05, 3.63) is 51.6 Å². The lowest BCUT2D eigenvalue weighted by Crippen LogP contribution is -2.17. The minimum atomic E-state index is -1.01. The summed E-state index contributed by atoms with van der Waals surface area (Å²) in [5.74, 6) is -2.71. The fraction of sp³-hybridized carbons (Fsp3) is 0.154. The van der Waals surface area contributed by atoms with E-state index in [0.717, 1.165) is 26.4 Å². The summed E-state index contributed by atoms with van der Waals surface area (Å²) in [5.41, 5.74) is -0.734. The molecule has 8 heteroatoms. The molecule has 0 fully saturated rings. The Morgan fingerprint density at radius 3 is 2.10 bits per heavy atom. The number of ketones is 1. The zero-order chi connectivity index (χ0) is 16.0. The number of benzene rings is 1. The maximum absolute atomic E-state index is 12.1. The van der Waals surface area contributed by atoms with Gasteiger partial charge in [-0.1, -0.05) is 0 Å². The molecule has 0 saturated carbocycles. The Labute approximate surface area is 119 Å². The van der Waals surface area contributed by atoms with Gasteiger partial charge in [-0.3, -0.25) is 14.9 Å². The first kappa shape index (κ1) is 16.0. The van der Waals surface area contributed by atoms with Crippen molar-refractivity contribution in [2.24, 2.45) is 0 Å². The number of nitrogens with zero attached hydrogens (tertiary/aromatic N) is 1. The molecule has 0 heterocycles. The van der Waals surface area contributed by atoms with Gasteiger partial charge in [-0.2, -0.15) is 0 Å². The van der Waals surface area contributed by atoms with Crippen LogP contribution in [0.1, 0.15) is 10.4 Å². The van der Waals surface area contributed by atoms with E-state index in [0.29, 0.717) is 6.08 Å². The predicted octanol–water partition coefficient (Wildman–Crippen LogP) is 1.05. The molecule has 0 radical (unpaired) electrons. The number of Topliss-reactive ketones (excluding diaryl/α,β-unsaturated/α-hetero) is 1. The molecule has 0 unspecified atom stereocenters. The van der Waals surface area contributed by atoms with E-state index < -0.39 is 28.2 Å². The predicted molar refractivity (Wildman–Crippen MR) is 69.5 cm³/mol. The van der Waals surface area contributed by atoms with Gasteiger partial charge in [0.15, 0.2) is 0 Å². The van der Waals surface area contributed by atoms with Gasteiger partial charge in [-0.15, -0.1) is 0 Å². The first-order chi connectivity index (χ1) is 9.90. The summed E-state index contributed by atoms with van der Waals surface area (Å²) >= 11 is 0. The van der Waals surface area contributed by atoms with E-state index in [2.05, 4.69) is 9.47 Å². The SMILES string of the molecule is COC(=O)C=C(C(=O)OC)C(=O)c1ccc([N+](=O)[O-])cc1. The zero-order valence-electron chi connectivity index (χ0n) is 11.2. The maximum atomic E-state index is 12.1. The van der Waals surface area contributed by atoms with Crippen molar-refractivity contribution in [3.8, 4) is 0 Å². The summed E-state index contributed by atoms with van der Waals surface area (Å²) < 4.78 is 8.77. The molecule has 0 bridgehead atoms. The molecule has 0 amide bonds. The number of carbonyl (C=O) groups excluding carboxylic acids is 3. The van der Waals surface area contributed by atoms with Crippen LogP contribution in [0.5, 0.6) is 0 Å². The molecule has 0 atom stereocenters. The highest BCUT2D eigenvalue weighted by molar-refractivity contribution is 6.26. The molecule has 0 N–H and O–H groups in total. The van der Waals surface area contributed by atoms with E-state index in [4.69, 9.17) is 0 Å². The second kappa shape index (κ2) is 6.94. The van der Waals surface area contributed by atoms with Gasteiger partial charge in [-0.05, 0) is 12.1 Å². The second-order valence-corrected chi connectivity index (χ2v) is 3.71. The summed E-state index contributed by atoms with van der Waals surface area (Å²) in [7, 11) is 2.14. The third kappa shape index (κ3) is 3.96. The van der Waals surface area contributed by atoms with E-state index in [1.54, 1.807) is 0 Å². The molecule has 8 nitrogen and oxygen atoms in total. The van der Waals surface area contributed by atoms with Crippen LogP contribution in [0.3, 0.4) is 0 Å². The summed E-state index contributed by atoms with van der Waals surface area (Å²) in [6.45, 7) is 0. The lowest BCUT2D eigenvalue weighted by molar-refractivity contribution is -0.384. The van der Waals surface area contributed by atoms with Crippen molar-refractivity contribution in [1.29, 1.82) is 0 Å². The van der Waals surface area contributed by atoms with E-state index in [1.807, 2.05) is 0 Å². The Kier molecular flexibility index (Phi) is 5.30. The second-order valence-electron chi connectivity index (χ2n) is 3.71. The minimum absolute atomic E-state index is 0.00107. The number of nitro groups is 1. The lowest BCUT2D eigenvalue weighted by Gasteiger charge is -2.04. The standard InChI is InChI=1S/C13H11NO7/c1-20-11(15)7-10(13(17)21-2)12(16)8-3-5-9(6-4-8)14(18)19/h3-7H,1-2H3. The van der Waals surface area contributed by atoms with Gasteiger partial charge < -0.3 is 9.47 Å². The maximum Gasteiger partial charge on any atom is 0.342 e. The first-order valence-corrected chi connectivity index (χ1v) is 5.57. The number of methoxy groups -OCH3 is 2. The van der Waals surface area contributed by atoms with Crippen molar-refractivity contribution in [2.75, 3.05) is 14.2 Å². The summed E-state index contributed by atoms with van der Waals surface area (Å²) in [4.78, 5) is 44.7. The normalized spacial score (nSPS) is 10.7. The summed E-state index contributed by atoms with van der Waals surface area (Å²) in [6, 6.07) is 4.57. The van der Waals surface area contributed by atoms with E-state index in [1.165, 1.54) is 12.1 Å². The molecule has 1 aromatic carbocycles. The molecule has 0 spiro atoms. The van der Waals surface area contributed by atoms with E-state index in [9.17, 15) is 24.5 Å². The van der Waals surface area contributed by atoms with Crippen molar-refractivity contribution in [2.45, 2.75) is 0 Å². The fourth-order valence-corrected chi connectivity index (χ4v) is 1.39. The van der Waals surface area contributed by atoms with Gasteiger partial charge in [0, 0.05) is 23.8 Å². The number of hydrogen-bond acceptors (Lipinski definition) is 7. The first-order valence-electron chi connectivity index (χ1n) is 5.57. The number of nitro benzene ring substituents is 1. The minimum Gasteiger partial charge on any atom is -0.466 e. The highest BCUT2D eigenvalue weighted by Gasteiger charge is 2.22. The molecular weight excluding hydrogens is 282 g/mol. The molecule has 0 saturated heterocycles. The van der Waals surface area contributed by atoms with Crippen molar-refractivity contribution < 1.29 is 28.8 Å². The Morgan fingerprint density at radius 1 is 1.10 bits per heavy atom. The Hall–Kier alpha value is -3.03. The van der Waals surface area contributed by atoms with Crippen LogP contribution >= 0.6 is 0 Å². The van der Waals surface area contributed by atoms with Crippen molar-refractivity contribution in [1.82, 2.24) is 0 Å². The number of hydrogen-bond donors (Lipinski definition) is 0. The van der Waals surface area contributed by atoms with E-state index in [-0.39, 0.29) is 11.3 Å². The summed E-state index contributed by atoms with van der Waals surface area (Å²) in [5, 5.41) is 10.5. The van der Waals surface area contributed by atoms with Gasteiger partial charge in [-0.25, -0.2) is 9.59 Å². The van der Waals surface area contributed by atoms with Crippen molar-refractivity contribution in [3.63, 3.8) is 0 Å². The largest absolute Gasteiger partial charge is 0.466 e. The van der Waals surface area contributed by atoms with Crippen LogP contribution in [0.2, 0.25) is 0 Å². The van der Waals surface area contributed by atoms with Crippen LogP contribution in [0, 0.1) is 10.1 Å². The average Bonchev–Trinajstić information content (AvgIpc) is 2.50. The number of esters is 2. The van der Waals surface area contributed by atoms with E-state index >= 15 is 0 Å². The smallest absolute Gasteiger partial charge is 0.342 e. The number of non-ortho nitro benzene ring substituents is 1. The molecule has 21 heavy (non-hydrogen) atoms. The third-order valence-electron chi connectivity index (χ3n) is 2.45. The highest BCUT2D eigenvalue weighted by atomic mass is 16.6. The number of ether oxygens (including phenoxy) is 2. The van der Waals surface area contributed by atoms with Gasteiger partial charge in [0.25, 0.3) is 5.69 Å². The quantitative estimate of drug-likeness (QED) is 0.152. The Balaban J connectivity index is 3.16.